The Bertz CT molecular complexity index is 580. The van der Waals surface area contributed by atoms with Crippen LogP contribution in [0.25, 0.3) is 0 Å². The fraction of sp³-hybridized carbons (Fsp3) is 0.438. The highest BCUT2D eigenvalue weighted by Crippen LogP contribution is 2.19. The first kappa shape index (κ1) is 17.7. The topological polar surface area (TPSA) is 70.6 Å². The lowest BCUT2D eigenvalue weighted by Crippen LogP contribution is -2.38. The predicted octanol–water partition coefficient (Wildman–Crippen LogP) is 2.55. The molecule has 1 aromatic rings. The van der Waals surface area contributed by atoms with E-state index < -0.39 is 11.9 Å². The molecule has 5 nitrogen and oxygen atoms in total. The number of carbonyl (C=O) groups is 1. The summed E-state index contributed by atoms with van der Waals surface area (Å²) < 4.78 is 18.5. The predicted molar refractivity (Wildman–Crippen MR) is 85.9 cm³/mol. The highest BCUT2D eigenvalue weighted by atomic mass is 35.5. The molecule has 0 saturated carbocycles. The van der Waals surface area contributed by atoms with Gasteiger partial charge < -0.3 is 20.5 Å². The first-order valence-corrected chi connectivity index (χ1v) is 7.84. The van der Waals surface area contributed by atoms with Crippen LogP contribution in [0.1, 0.15) is 24.5 Å². The third kappa shape index (κ3) is 5.82. The maximum Gasteiger partial charge on any atom is 0.314 e. The van der Waals surface area contributed by atoms with E-state index >= 15 is 0 Å². The summed E-state index contributed by atoms with van der Waals surface area (Å²) >= 11 is 5.59. The normalized spacial score (nSPS) is 15.7. The summed E-state index contributed by atoms with van der Waals surface area (Å²) in [6, 6.07) is 3.68. The van der Waals surface area contributed by atoms with Crippen molar-refractivity contribution in [3.05, 3.63) is 46.3 Å². The second kappa shape index (κ2) is 8.86. The Morgan fingerprint density at radius 2 is 2.26 bits per heavy atom. The third-order valence-corrected chi connectivity index (χ3v) is 3.88. The molecular formula is C16H20ClFN2O3. The van der Waals surface area contributed by atoms with Crippen LogP contribution in [0.4, 0.5) is 9.18 Å². The van der Waals surface area contributed by atoms with Gasteiger partial charge in [0.15, 0.2) is 0 Å². The van der Waals surface area contributed by atoms with Crippen LogP contribution in [-0.2, 0) is 4.74 Å². The summed E-state index contributed by atoms with van der Waals surface area (Å²) in [5, 5.41) is 15.2. The minimum atomic E-state index is -0.995. The van der Waals surface area contributed by atoms with Gasteiger partial charge in [0.2, 0.25) is 0 Å². The lowest BCUT2D eigenvalue weighted by Gasteiger charge is -2.15. The van der Waals surface area contributed by atoms with Gasteiger partial charge in [-0.2, -0.15) is 0 Å². The fourth-order valence-corrected chi connectivity index (χ4v) is 2.34. The zero-order valence-electron chi connectivity index (χ0n) is 12.6. The molecule has 3 N–H and O–H groups in total. The van der Waals surface area contributed by atoms with E-state index in [1.807, 2.05) is 6.08 Å². The van der Waals surface area contributed by atoms with E-state index in [-0.39, 0.29) is 17.6 Å². The van der Waals surface area contributed by atoms with Crippen LogP contribution in [0.5, 0.6) is 0 Å². The lowest BCUT2D eigenvalue weighted by atomic mass is 10.1. The van der Waals surface area contributed by atoms with E-state index in [0.29, 0.717) is 18.7 Å². The molecule has 0 spiro atoms. The smallest absolute Gasteiger partial charge is 0.314 e. The Morgan fingerprint density at radius 3 is 2.96 bits per heavy atom. The number of urea groups is 1. The molecule has 1 aromatic carbocycles. The Kier molecular flexibility index (Phi) is 6.83. The molecule has 0 aromatic heterocycles. The van der Waals surface area contributed by atoms with Crippen LogP contribution >= 0.6 is 11.6 Å². The molecule has 126 valence electrons. The van der Waals surface area contributed by atoms with Crippen molar-refractivity contribution in [2.24, 2.45) is 0 Å². The van der Waals surface area contributed by atoms with E-state index in [4.69, 9.17) is 16.3 Å². The van der Waals surface area contributed by atoms with Gasteiger partial charge in [0.05, 0.1) is 24.3 Å². The van der Waals surface area contributed by atoms with Crippen LogP contribution in [0.15, 0.2) is 29.8 Å². The van der Waals surface area contributed by atoms with E-state index in [1.54, 1.807) is 0 Å². The summed E-state index contributed by atoms with van der Waals surface area (Å²) in [4.78, 5) is 11.7. The molecule has 0 fully saturated rings. The molecule has 1 atom stereocenters. The van der Waals surface area contributed by atoms with E-state index in [0.717, 1.165) is 25.5 Å². The van der Waals surface area contributed by atoms with Gasteiger partial charge in [0.25, 0.3) is 0 Å². The van der Waals surface area contributed by atoms with Crippen molar-refractivity contribution in [2.45, 2.75) is 18.9 Å². The number of hydrogen-bond donors (Lipinski definition) is 3. The van der Waals surface area contributed by atoms with Crippen molar-refractivity contribution in [1.29, 1.82) is 0 Å². The first-order valence-electron chi connectivity index (χ1n) is 7.46. The number of halogens is 2. The molecule has 23 heavy (non-hydrogen) atoms. The zero-order chi connectivity index (χ0) is 16.7. The number of aliphatic hydroxyl groups excluding tert-OH is 1. The molecule has 0 saturated heterocycles. The van der Waals surface area contributed by atoms with E-state index in [1.165, 1.54) is 17.7 Å². The van der Waals surface area contributed by atoms with Gasteiger partial charge in [-0.05, 0) is 30.5 Å². The van der Waals surface area contributed by atoms with Crippen LogP contribution in [0.2, 0.25) is 5.02 Å². The van der Waals surface area contributed by atoms with Crippen molar-refractivity contribution in [1.82, 2.24) is 10.6 Å². The number of aliphatic hydroxyl groups is 1. The van der Waals surface area contributed by atoms with Gasteiger partial charge >= 0.3 is 6.03 Å². The van der Waals surface area contributed by atoms with Crippen molar-refractivity contribution < 1.29 is 19.0 Å². The third-order valence-electron chi connectivity index (χ3n) is 3.57. The number of carbonyl (C=O) groups excluding carboxylic acids is 1. The van der Waals surface area contributed by atoms with Gasteiger partial charge in [-0.25, -0.2) is 9.18 Å². The summed E-state index contributed by atoms with van der Waals surface area (Å²) in [7, 11) is 0. The summed E-state index contributed by atoms with van der Waals surface area (Å²) in [5.41, 5.74) is 1.63. The lowest BCUT2D eigenvalue weighted by molar-refractivity contribution is 0.153. The molecule has 2 rings (SSSR count). The van der Waals surface area contributed by atoms with Crippen molar-refractivity contribution >= 4 is 17.6 Å². The van der Waals surface area contributed by atoms with Gasteiger partial charge in [-0.3, -0.25) is 0 Å². The number of nitrogens with one attached hydrogen (secondary N) is 2. The Hall–Kier alpha value is -1.63. The Labute approximate surface area is 139 Å². The molecule has 7 heteroatoms. The fourth-order valence-electron chi connectivity index (χ4n) is 2.22. The number of hydrogen-bond acceptors (Lipinski definition) is 3. The minimum Gasteiger partial charge on any atom is -0.387 e. The first-order chi connectivity index (χ1) is 11.1. The highest BCUT2D eigenvalue weighted by molar-refractivity contribution is 6.30. The number of amides is 2. The van der Waals surface area contributed by atoms with Gasteiger partial charge in [-0.15, -0.1) is 0 Å². The summed E-state index contributed by atoms with van der Waals surface area (Å²) in [5.74, 6) is -0.600. The van der Waals surface area contributed by atoms with Crippen LogP contribution in [-0.4, -0.2) is 37.4 Å². The highest BCUT2D eigenvalue weighted by Gasteiger charge is 2.12. The summed E-state index contributed by atoms with van der Waals surface area (Å²) in [6.45, 7) is 1.86. The molecule has 0 unspecified atom stereocenters. The maximum absolute atomic E-state index is 13.3. The molecule has 0 bridgehead atoms. The summed E-state index contributed by atoms with van der Waals surface area (Å²) in [6.07, 6.45) is 2.71. The van der Waals surface area contributed by atoms with Crippen molar-refractivity contribution in [3.63, 3.8) is 0 Å². The van der Waals surface area contributed by atoms with Crippen molar-refractivity contribution in [3.8, 4) is 0 Å². The molecule has 2 amide bonds. The molecule has 0 radical (unpaired) electrons. The molecule has 0 aliphatic carbocycles. The van der Waals surface area contributed by atoms with Gasteiger partial charge in [0.1, 0.15) is 5.82 Å². The largest absolute Gasteiger partial charge is 0.387 e. The van der Waals surface area contributed by atoms with Crippen molar-refractivity contribution in [2.75, 3.05) is 26.3 Å². The van der Waals surface area contributed by atoms with Crippen LogP contribution < -0.4 is 10.6 Å². The van der Waals surface area contributed by atoms with Crippen LogP contribution in [0, 0.1) is 5.82 Å². The monoisotopic (exact) mass is 342 g/mol. The molecule has 1 heterocycles. The molecule has 1 aliphatic rings. The molecule has 1 aliphatic heterocycles. The SMILES string of the molecule is O=C(NCCC1=CCOCC1)NC[C@@H](O)c1ccc(Cl)c(F)c1. The number of ether oxygens (including phenoxy) is 1. The second-order valence-corrected chi connectivity index (χ2v) is 5.67. The minimum absolute atomic E-state index is 0.00549. The average Bonchev–Trinajstić information content (AvgIpc) is 2.56. The molecular weight excluding hydrogens is 323 g/mol. The second-order valence-electron chi connectivity index (χ2n) is 5.26. The van der Waals surface area contributed by atoms with E-state index in [2.05, 4.69) is 10.6 Å². The number of benzene rings is 1. The zero-order valence-corrected chi connectivity index (χ0v) is 13.4. The van der Waals surface area contributed by atoms with Crippen LogP contribution in [0.3, 0.4) is 0 Å². The Balaban J connectivity index is 1.68. The quantitative estimate of drug-likeness (QED) is 0.696. The van der Waals surface area contributed by atoms with E-state index in [9.17, 15) is 14.3 Å². The standard InChI is InChI=1S/C16H20ClFN2O3/c17-13-2-1-12(9-14(13)18)15(21)10-20-16(22)19-6-3-11-4-7-23-8-5-11/h1-2,4,9,15,21H,3,5-8,10H2,(H2,19,20,22)/t15-/m1/s1. The van der Waals surface area contributed by atoms with Gasteiger partial charge in [0, 0.05) is 13.1 Å². The Morgan fingerprint density at radius 1 is 1.43 bits per heavy atom. The number of rotatable bonds is 6. The van der Waals surface area contributed by atoms with Gasteiger partial charge in [-0.1, -0.05) is 29.3 Å². The maximum atomic E-state index is 13.3. The average molecular weight is 343 g/mol.